The molecule has 0 aliphatic heterocycles. The molecule has 0 radical (unpaired) electrons. The van der Waals surface area contributed by atoms with Crippen LogP contribution in [0.1, 0.15) is 59.3 Å². The first kappa shape index (κ1) is 17.9. The van der Waals surface area contributed by atoms with E-state index in [4.69, 9.17) is 0 Å². The first-order valence-corrected chi connectivity index (χ1v) is 9.75. The van der Waals surface area contributed by atoms with Crippen LogP contribution in [0, 0.1) is 11.8 Å². The van der Waals surface area contributed by atoms with Crippen molar-refractivity contribution in [3.63, 3.8) is 0 Å². The second-order valence-electron chi connectivity index (χ2n) is 6.59. The Hall–Kier alpha value is -0.130. The monoisotopic (exact) mass is 304 g/mol. The molecule has 4 nitrogen and oxygen atoms in total. The van der Waals surface area contributed by atoms with Crippen molar-refractivity contribution in [1.82, 2.24) is 10.0 Å². The van der Waals surface area contributed by atoms with Gasteiger partial charge in [-0.15, -0.1) is 0 Å². The number of hydrogen-bond donors (Lipinski definition) is 2. The minimum absolute atomic E-state index is 0.231. The van der Waals surface area contributed by atoms with Crippen LogP contribution in [-0.2, 0) is 10.0 Å². The summed E-state index contributed by atoms with van der Waals surface area (Å²) >= 11 is 0. The summed E-state index contributed by atoms with van der Waals surface area (Å²) in [5, 5.41) is 3.24. The van der Waals surface area contributed by atoms with E-state index in [1.54, 1.807) is 0 Å². The van der Waals surface area contributed by atoms with Crippen molar-refractivity contribution in [3.05, 3.63) is 0 Å². The topological polar surface area (TPSA) is 58.2 Å². The van der Waals surface area contributed by atoms with E-state index in [0.29, 0.717) is 19.0 Å². The molecule has 0 aromatic carbocycles. The molecule has 0 bridgehead atoms. The van der Waals surface area contributed by atoms with Gasteiger partial charge in [-0.2, -0.15) is 0 Å². The molecule has 0 spiro atoms. The van der Waals surface area contributed by atoms with E-state index in [2.05, 4.69) is 30.8 Å². The standard InChI is InChI=1S/C15H32N2O2S/c1-13(2)16-10-4-12-20(18,19)17-11-9-15-7-5-14(3)6-8-15/h13-17H,4-12H2,1-3H3. The van der Waals surface area contributed by atoms with Crippen LogP contribution in [-0.4, -0.2) is 33.3 Å². The number of nitrogens with one attached hydrogen (secondary N) is 2. The lowest BCUT2D eigenvalue weighted by Gasteiger charge is -2.26. The van der Waals surface area contributed by atoms with Crippen LogP contribution < -0.4 is 10.0 Å². The van der Waals surface area contributed by atoms with E-state index in [-0.39, 0.29) is 5.75 Å². The van der Waals surface area contributed by atoms with E-state index in [1.165, 1.54) is 25.7 Å². The molecule has 0 atom stereocenters. The van der Waals surface area contributed by atoms with E-state index in [1.807, 2.05) is 0 Å². The van der Waals surface area contributed by atoms with Crippen molar-refractivity contribution < 1.29 is 8.42 Å². The maximum absolute atomic E-state index is 11.8. The molecule has 2 N–H and O–H groups in total. The van der Waals surface area contributed by atoms with Crippen molar-refractivity contribution in [2.24, 2.45) is 11.8 Å². The normalized spacial score (nSPS) is 24.2. The lowest BCUT2D eigenvalue weighted by molar-refractivity contribution is 0.278. The van der Waals surface area contributed by atoms with Gasteiger partial charge in [0.05, 0.1) is 5.75 Å². The van der Waals surface area contributed by atoms with Crippen molar-refractivity contribution >= 4 is 10.0 Å². The van der Waals surface area contributed by atoms with E-state index in [0.717, 1.165) is 24.8 Å². The van der Waals surface area contributed by atoms with Gasteiger partial charge in [0, 0.05) is 12.6 Å². The second kappa shape index (κ2) is 9.00. The van der Waals surface area contributed by atoms with Crippen LogP contribution in [0.5, 0.6) is 0 Å². The zero-order valence-electron chi connectivity index (χ0n) is 13.3. The quantitative estimate of drug-likeness (QED) is 0.644. The third-order valence-corrected chi connectivity index (χ3v) is 5.62. The van der Waals surface area contributed by atoms with Gasteiger partial charge < -0.3 is 5.32 Å². The molecule has 0 aromatic rings. The Morgan fingerprint density at radius 1 is 1.10 bits per heavy atom. The predicted molar refractivity (Wildman–Crippen MR) is 85.3 cm³/mol. The second-order valence-corrected chi connectivity index (χ2v) is 8.52. The Bertz CT molecular complexity index is 347. The molecular weight excluding hydrogens is 272 g/mol. The molecular formula is C15H32N2O2S. The van der Waals surface area contributed by atoms with Crippen LogP contribution >= 0.6 is 0 Å². The molecule has 1 saturated carbocycles. The molecule has 1 aliphatic rings. The molecule has 0 heterocycles. The Morgan fingerprint density at radius 3 is 2.35 bits per heavy atom. The van der Waals surface area contributed by atoms with Gasteiger partial charge in [0.25, 0.3) is 0 Å². The highest BCUT2D eigenvalue weighted by molar-refractivity contribution is 7.89. The summed E-state index contributed by atoms with van der Waals surface area (Å²) in [6.07, 6.45) is 6.81. The van der Waals surface area contributed by atoms with Crippen LogP contribution in [0.4, 0.5) is 0 Å². The van der Waals surface area contributed by atoms with Crippen molar-refractivity contribution in [1.29, 1.82) is 0 Å². The largest absolute Gasteiger partial charge is 0.314 e. The molecule has 0 saturated heterocycles. The van der Waals surface area contributed by atoms with Crippen LogP contribution in [0.25, 0.3) is 0 Å². The summed E-state index contributed by atoms with van der Waals surface area (Å²) < 4.78 is 26.4. The van der Waals surface area contributed by atoms with Crippen molar-refractivity contribution in [2.45, 2.75) is 65.3 Å². The van der Waals surface area contributed by atoms with Crippen molar-refractivity contribution in [2.75, 3.05) is 18.8 Å². The zero-order chi connectivity index (χ0) is 15.0. The maximum Gasteiger partial charge on any atom is 0.211 e. The van der Waals surface area contributed by atoms with Gasteiger partial charge in [0.15, 0.2) is 0 Å². The molecule has 0 aromatic heterocycles. The molecule has 20 heavy (non-hydrogen) atoms. The van der Waals surface area contributed by atoms with Gasteiger partial charge in [-0.1, -0.05) is 46.5 Å². The van der Waals surface area contributed by atoms with Gasteiger partial charge in [0.1, 0.15) is 0 Å². The first-order chi connectivity index (χ1) is 9.39. The molecule has 0 unspecified atom stereocenters. The molecule has 120 valence electrons. The average molecular weight is 305 g/mol. The number of rotatable bonds is 9. The van der Waals surface area contributed by atoms with Crippen molar-refractivity contribution in [3.8, 4) is 0 Å². The highest BCUT2D eigenvalue weighted by Gasteiger charge is 2.18. The van der Waals surface area contributed by atoms with Crippen LogP contribution in [0.2, 0.25) is 0 Å². The van der Waals surface area contributed by atoms with E-state index in [9.17, 15) is 8.42 Å². The number of hydrogen-bond acceptors (Lipinski definition) is 3. The molecule has 1 rings (SSSR count). The van der Waals surface area contributed by atoms with Crippen LogP contribution in [0.3, 0.4) is 0 Å². The summed E-state index contributed by atoms with van der Waals surface area (Å²) in [5.74, 6) is 1.81. The third-order valence-electron chi connectivity index (χ3n) is 4.15. The smallest absolute Gasteiger partial charge is 0.211 e. The number of sulfonamides is 1. The molecule has 1 aliphatic carbocycles. The van der Waals surface area contributed by atoms with Crippen LogP contribution in [0.15, 0.2) is 0 Å². The Morgan fingerprint density at radius 2 is 1.75 bits per heavy atom. The van der Waals surface area contributed by atoms with Gasteiger partial charge >= 0.3 is 0 Å². The third kappa shape index (κ3) is 8.22. The minimum Gasteiger partial charge on any atom is -0.314 e. The Kier molecular flexibility index (Phi) is 8.07. The first-order valence-electron chi connectivity index (χ1n) is 8.10. The summed E-state index contributed by atoms with van der Waals surface area (Å²) in [6, 6.07) is 0.416. The lowest BCUT2D eigenvalue weighted by atomic mass is 9.81. The molecule has 0 amide bonds. The van der Waals surface area contributed by atoms with Gasteiger partial charge in [-0.3, -0.25) is 0 Å². The van der Waals surface area contributed by atoms with Gasteiger partial charge in [0.2, 0.25) is 10.0 Å². The molecule has 1 fully saturated rings. The van der Waals surface area contributed by atoms with E-state index < -0.39 is 10.0 Å². The highest BCUT2D eigenvalue weighted by atomic mass is 32.2. The Balaban J connectivity index is 2.10. The highest BCUT2D eigenvalue weighted by Crippen LogP contribution is 2.29. The fraction of sp³-hybridized carbons (Fsp3) is 1.00. The lowest BCUT2D eigenvalue weighted by Crippen LogP contribution is -2.31. The summed E-state index contributed by atoms with van der Waals surface area (Å²) in [6.45, 7) is 7.82. The maximum atomic E-state index is 11.8. The predicted octanol–water partition coefficient (Wildman–Crippen LogP) is 2.51. The minimum atomic E-state index is -3.08. The van der Waals surface area contributed by atoms with E-state index >= 15 is 0 Å². The average Bonchev–Trinajstić information content (AvgIpc) is 2.37. The summed E-state index contributed by atoms with van der Waals surface area (Å²) in [7, 11) is -3.08. The summed E-state index contributed by atoms with van der Waals surface area (Å²) in [4.78, 5) is 0. The van der Waals surface area contributed by atoms with Gasteiger partial charge in [-0.05, 0) is 31.2 Å². The summed E-state index contributed by atoms with van der Waals surface area (Å²) in [5.41, 5.74) is 0. The zero-order valence-corrected chi connectivity index (χ0v) is 14.1. The van der Waals surface area contributed by atoms with Gasteiger partial charge in [-0.25, -0.2) is 13.1 Å². The molecule has 5 heteroatoms. The SMILES string of the molecule is CC1CCC(CCNS(=O)(=O)CCCNC(C)C)CC1. The fourth-order valence-electron chi connectivity index (χ4n) is 2.76. The fourth-order valence-corrected chi connectivity index (χ4v) is 3.86. The Labute approximate surface area is 125 Å².